The number of hydrogen-bond donors (Lipinski definition) is 1. The van der Waals surface area contributed by atoms with E-state index in [9.17, 15) is 0 Å². The van der Waals surface area contributed by atoms with E-state index in [0.717, 1.165) is 29.9 Å². The summed E-state index contributed by atoms with van der Waals surface area (Å²) < 4.78 is 10.7. The summed E-state index contributed by atoms with van der Waals surface area (Å²) in [5.74, 6) is 1.80. The summed E-state index contributed by atoms with van der Waals surface area (Å²) >= 11 is 0. The second-order valence-corrected chi connectivity index (χ2v) is 3.30. The molecule has 0 fully saturated rings. The molecule has 2 N–H and O–H groups in total. The molecule has 84 valence electrons. The molecule has 0 aliphatic heterocycles. The maximum absolute atomic E-state index is 5.49. The molecule has 3 heteroatoms. The largest absolute Gasteiger partial charge is 0.496 e. The molecule has 0 bridgehead atoms. The van der Waals surface area contributed by atoms with Crippen LogP contribution >= 0.6 is 0 Å². The summed E-state index contributed by atoms with van der Waals surface area (Å²) in [7, 11) is 1.68. The van der Waals surface area contributed by atoms with Gasteiger partial charge in [0.1, 0.15) is 11.5 Å². The molecular formula is C12H19NO2. The van der Waals surface area contributed by atoms with Crippen LogP contribution in [0.15, 0.2) is 18.2 Å². The van der Waals surface area contributed by atoms with Crippen LogP contribution in [-0.4, -0.2) is 20.3 Å². The van der Waals surface area contributed by atoms with Gasteiger partial charge in [-0.2, -0.15) is 0 Å². The lowest BCUT2D eigenvalue weighted by Crippen LogP contribution is -2.02. The third-order valence-electron chi connectivity index (χ3n) is 2.21. The minimum atomic E-state index is 0.683. The SMILES string of the molecule is CCOc1ccc(OC)c(CCCN)c1. The quantitative estimate of drug-likeness (QED) is 0.779. The monoisotopic (exact) mass is 209 g/mol. The molecule has 0 radical (unpaired) electrons. The summed E-state index contributed by atoms with van der Waals surface area (Å²) in [6, 6.07) is 5.89. The van der Waals surface area contributed by atoms with Gasteiger partial charge >= 0.3 is 0 Å². The van der Waals surface area contributed by atoms with Crippen LogP contribution in [0.4, 0.5) is 0 Å². The van der Waals surface area contributed by atoms with Crippen molar-refractivity contribution in [3.05, 3.63) is 23.8 Å². The van der Waals surface area contributed by atoms with E-state index in [-0.39, 0.29) is 0 Å². The van der Waals surface area contributed by atoms with Gasteiger partial charge in [-0.15, -0.1) is 0 Å². The van der Waals surface area contributed by atoms with Gasteiger partial charge in [0.2, 0.25) is 0 Å². The second kappa shape index (κ2) is 6.30. The fraction of sp³-hybridized carbons (Fsp3) is 0.500. The smallest absolute Gasteiger partial charge is 0.122 e. The first-order valence-electron chi connectivity index (χ1n) is 5.31. The van der Waals surface area contributed by atoms with Crippen molar-refractivity contribution in [2.24, 2.45) is 5.73 Å². The van der Waals surface area contributed by atoms with Gasteiger partial charge in [-0.25, -0.2) is 0 Å². The molecule has 0 saturated carbocycles. The van der Waals surface area contributed by atoms with E-state index in [1.165, 1.54) is 0 Å². The van der Waals surface area contributed by atoms with Gasteiger partial charge in [0, 0.05) is 0 Å². The van der Waals surface area contributed by atoms with Crippen LogP contribution in [0.1, 0.15) is 18.9 Å². The van der Waals surface area contributed by atoms with Gasteiger partial charge in [-0.1, -0.05) is 0 Å². The summed E-state index contributed by atoms with van der Waals surface area (Å²) in [4.78, 5) is 0. The minimum absolute atomic E-state index is 0.683. The van der Waals surface area contributed by atoms with Crippen LogP contribution in [0.5, 0.6) is 11.5 Å². The lowest BCUT2D eigenvalue weighted by Gasteiger charge is -2.10. The van der Waals surface area contributed by atoms with Crippen molar-refractivity contribution in [2.75, 3.05) is 20.3 Å². The van der Waals surface area contributed by atoms with Crippen molar-refractivity contribution in [3.63, 3.8) is 0 Å². The molecule has 0 aliphatic rings. The van der Waals surface area contributed by atoms with Crippen LogP contribution < -0.4 is 15.2 Å². The zero-order chi connectivity index (χ0) is 11.1. The number of hydrogen-bond acceptors (Lipinski definition) is 3. The van der Waals surface area contributed by atoms with Gasteiger partial charge < -0.3 is 15.2 Å². The highest BCUT2D eigenvalue weighted by Crippen LogP contribution is 2.25. The van der Waals surface area contributed by atoms with Gasteiger partial charge in [-0.3, -0.25) is 0 Å². The Morgan fingerprint density at radius 3 is 2.73 bits per heavy atom. The Morgan fingerprint density at radius 2 is 2.13 bits per heavy atom. The van der Waals surface area contributed by atoms with Crippen molar-refractivity contribution in [1.29, 1.82) is 0 Å². The first-order valence-corrected chi connectivity index (χ1v) is 5.31. The Morgan fingerprint density at radius 1 is 1.33 bits per heavy atom. The first kappa shape index (κ1) is 11.9. The van der Waals surface area contributed by atoms with Crippen molar-refractivity contribution in [2.45, 2.75) is 19.8 Å². The molecule has 3 nitrogen and oxygen atoms in total. The number of ether oxygens (including phenoxy) is 2. The maximum atomic E-state index is 5.49. The van der Waals surface area contributed by atoms with Crippen molar-refractivity contribution in [1.82, 2.24) is 0 Å². The van der Waals surface area contributed by atoms with Gasteiger partial charge in [0.15, 0.2) is 0 Å². The summed E-state index contributed by atoms with van der Waals surface area (Å²) in [6.07, 6.45) is 1.90. The summed E-state index contributed by atoms with van der Waals surface area (Å²) in [5, 5.41) is 0. The Kier molecular flexibility index (Phi) is 4.98. The zero-order valence-electron chi connectivity index (χ0n) is 9.45. The molecule has 1 aromatic carbocycles. The summed E-state index contributed by atoms with van der Waals surface area (Å²) in [6.45, 7) is 3.36. The molecular weight excluding hydrogens is 190 g/mol. The molecule has 0 unspecified atom stereocenters. The van der Waals surface area contributed by atoms with Crippen LogP contribution in [0, 0.1) is 0 Å². The molecule has 15 heavy (non-hydrogen) atoms. The van der Waals surface area contributed by atoms with Crippen molar-refractivity contribution in [3.8, 4) is 11.5 Å². The number of methoxy groups -OCH3 is 1. The van der Waals surface area contributed by atoms with Gasteiger partial charge in [-0.05, 0) is 50.1 Å². The maximum Gasteiger partial charge on any atom is 0.122 e. The molecule has 1 aromatic rings. The van der Waals surface area contributed by atoms with E-state index >= 15 is 0 Å². The number of aryl methyl sites for hydroxylation is 1. The Balaban J connectivity index is 2.81. The Bertz CT molecular complexity index is 300. The first-order chi connectivity index (χ1) is 7.31. The highest BCUT2D eigenvalue weighted by Gasteiger charge is 2.04. The third kappa shape index (κ3) is 3.44. The lowest BCUT2D eigenvalue weighted by atomic mass is 10.1. The van der Waals surface area contributed by atoms with Crippen molar-refractivity contribution < 1.29 is 9.47 Å². The molecule has 0 saturated heterocycles. The molecule has 0 spiro atoms. The van der Waals surface area contributed by atoms with E-state index in [0.29, 0.717) is 13.2 Å². The average Bonchev–Trinajstić information content (AvgIpc) is 2.27. The van der Waals surface area contributed by atoms with E-state index in [1.54, 1.807) is 7.11 Å². The van der Waals surface area contributed by atoms with E-state index in [1.807, 2.05) is 25.1 Å². The highest BCUT2D eigenvalue weighted by atomic mass is 16.5. The average molecular weight is 209 g/mol. The molecule has 0 heterocycles. The Labute approximate surface area is 91.2 Å². The second-order valence-electron chi connectivity index (χ2n) is 3.30. The predicted octanol–water partition coefficient (Wildman–Crippen LogP) is 1.99. The van der Waals surface area contributed by atoms with E-state index in [4.69, 9.17) is 15.2 Å². The van der Waals surface area contributed by atoms with Crippen LogP contribution in [0.3, 0.4) is 0 Å². The van der Waals surface area contributed by atoms with E-state index < -0.39 is 0 Å². The third-order valence-corrected chi connectivity index (χ3v) is 2.21. The fourth-order valence-corrected chi connectivity index (χ4v) is 1.50. The van der Waals surface area contributed by atoms with Crippen molar-refractivity contribution >= 4 is 0 Å². The molecule has 1 rings (SSSR count). The van der Waals surface area contributed by atoms with Crippen LogP contribution in [-0.2, 0) is 6.42 Å². The fourth-order valence-electron chi connectivity index (χ4n) is 1.50. The lowest BCUT2D eigenvalue weighted by molar-refractivity contribution is 0.338. The topological polar surface area (TPSA) is 44.5 Å². The normalized spacial score (nSPS) is 10.1. The summed E-state index contributed by atoms with van der Waals surface area (Å²) in [5.41, 5.74) is 6.65. The minimum Gasteiger partial charge on any atom is -0.496 e. The Hall–Kier alpha value is -1.22. The predicted molar refractivity (Wildman–Crippen MR) is 61.5 cm³/mol. The van der Waals surface area contributed by atoms with Gasteiger partial charge in [0.25, 0.3) is 0 Å². The zero-order valence-corrected chi connectivity index (χ0v) is 9.45. The molecule has 0 aromatic heterocycles. The van der Waals surface area contributed by atoms with Crippen LogP contribution in [0.2, 0.25) is 0 Å². The van der Waals surface area contributed by atoms with E-state index in [2.05, 4.69) is 0 Å². The van der Waals surface area contributed by atoms with Gasteiger partial charge in [0.05, 0.1) is 13.7 Å². The van der Waals surface area contributed by atoms with Crippen LogP contribution in [0.25, 0.3) is 0 Å². The standard InChI is InChI=1S/C12H19NO2/c1-3-15-11-6-7-12(14-2)10(9-11)5-4-8-13/h6-7,9H,3-5,8,13H2,1-2H3. The number of nitrogens with two attached hydrogens (primary N) is 1. The molecule has 0 aliphatic carbocycles. The molecule has 0 atom stereocenters. The number of benzene rings is 1. The highest BCUT2D eigenvalue weighted by molar-refractivity contribution is 5.40. The molecule has 0 amide bonds. The number of rotatable bonds is 6.